The van der Waals surface area contributed by atoms with Gasteiger partial charge in [0.2, 0.25) is 0 Å². The normalized spacial score (nSPS) is 25.8. The third kappa shape index (κ3) is 8.03. The van der Waals surface area contributed by atoms with Crippen LogP contribution in [-0.4, -0.2) is 17.1 Å². The minimum atomic E-state index is 0.654. The summed E-state index contributed by atoms with van der Waals surface area (Å²) in [7, 11) is 0. The molecule has 2 aliphatic carbocycles. The first-order valence-electron chi connectivity index (χ1n) is 10.9. The predicted molar refractivity (Wildman–Crippen MR) is 101 cm³/mol. The van der Waals surface area contributed by atoms with Crippen molar-refractivity contribution in [3.05, 3.63) is 0 Å². The zero-order valence-electron chi connectivity index (χ0n) is 15.6. The van der Waals surface area contributed by atoms with Crippen LogP contribution in [0.5, 0.6) is 0 Å². The molecule has 0 aromatic carbocycles. The molecule has 2 nitrogen and oxygen atoms in total. The molecule has 136 valence electrons. The summed E-state index contributed by atoms with van der Waals surface area (Å²) in [6.45, 7) is 0. The van der Waals surface area contributed by atoms with Crippen LogP contribution in [-0.2, 0) is 0 Å². The van der Waals surface area contributed by atoms with Gasteiger partial charge in [0.05, 0.1) is 0 Å². The summed E-state index contributed by atoms with van der Waals surface area (Å²) < 4.78 is 0. The molecule has 2 fully saturated rings. The van der Waals surface area contributed by atoms with Gasteiger partial charge in [-0.25, -0.2) is 5.01 Å². The number of hydrogen-bond donors (Lipinski definition) is 1. The monoisotopic (exact) mass is 322 g/mol. The summed E-state index contributed by atoms with van der Waals surface area (Å²) in [5, 5.41) is 2.35. The number of rotatable bonds is 2. The van der Waals surface area contributed by atoms with Gasteiger partial charge in [-0.1, -0.05) is 96.3 Å². The Balaban J connectivity index is 1.85. The fraction of sp³-hybridized carbons (Fsp3) is 1.00. The molecule has 0 unspecified atom stereocenters. The van der Waals surface area contributed by atoms with Crippen molar-refractivity contribution in [3.63, 3.8) is 0 Å². The SMILES string of the molecule is NN(C1CCCCCCCCCC1)C1CCCCCCCCC1. The molecular formula is C21H42N2. The lowest BCUT2D eigenvalue weighted by Crippen LogP contribution is -2.48. The van der Waals surface area contributed by atoms with E-state index < -0.39 is 0 Å². The van der Waals surface area contributed by atoms with Crippen molar-refractivity contribution in [2.75, 3.05) is 0 Å². The van der Waals surface area contributed by atoms with Gasteiger partial charge in [-0.05, 0) is 25.7 Å². The first-order chi connectivity index (χ1) is 11.4. The van der Waals surface area contributed by atoms with Crippen LogP contribution in [0.1, 0.15) is 122 Å². The minimum absolute atomic E-state index is 0.654. The summed E-state index contributed by atoms with van der Waals surface area (Å²) in [4.78, 5) is 0. The number of nitrogens with zero attached hydrogens (tertiary/aromatic N) is 1. The Morgan fingerprint density at radius 1 is 0.391 bits per heavy atom. The van der Waals surface area contributed by atoms with Gasteiger partial charge in [0, 0.05) is 12.1 Å². The van der Waals surface area contributed by atoms with E-state index >= 15 is 0 Å². The van der Waals surface area contributed by atoms with Gasteiger partial charge in [-0.3, -0.25) is 5.84 Å². The quantitative estimate of drug-likeness (QED) is 0.475. The molecule has 2 aliphatic rings. The highest BCUT2D eigenvalue weighted by Crippen LogP contribution is 2.25. The van der Waals surface area contributed by atoms with E-state index in [2.05, 4.69) is 5.01 Å². The number of hydrogen-bond acceptors (Lipinski definition) is 2. The summed E-state index contributed by atoms with van der Waals surface area (Å²) in [6.07, 6.45) is 26.8. The highest BCUT2D eigenvalue weighted by atomic mass is 15.4. The third-order valence-electron chi connectivity index (χ3n) is 6.24. The predicted octanol–water partition coefficient (Wildman–Crippen LogP) is 6.34. The van der Waals surface area contributed by atoms with Crippen molar-refractivity contribution < 1.29 is 0 Å². The first-order valence-corrected chi connectivity index (χ1v) is 10.9. The Morgan fingerprint density at radius 2 is 0.609 bits per heavy atom. The Labute approximate surface area is 145 Å². The molecule has 0 amide bonds. The summed E-state index contributed by atoms with van der Waals surface area (Å²) >= 11 is 0. The zero-order chi connectivity index (χ0) is 16.2. The molecule has 2 rings (SSSR count). The summed E-state index contributed by atoms with van der Waals surface area (Å²) in [5.74, 6) is 6.72. The topological polar surface area (TPSA) is 29.3 Å². The molecule has 2 N–H and O–H groups in total. The molecule has 0 aromatic heterocycles. The molecule has 0 bridgehead atoms. The van der Waals surface area contributed by atoms with E-state index in [4.69, 9.17) is 5.84 Å². The van der Waals surface area contributed by atoms with E-state index in [0.717, 1.165) is 0 Å². The Bertz CT molecular complexity index is 257. The van der Waals surface area contributed by atoms with Crippen molar-refractivity contribution in [1.29, 1.82) is 0 Å². The minimum Gasteiger partial charge on any atom is -0.268 e. The van der Waals surface area contributed by atoms with E-state index in [1.807, 2.05) is 0 Å². The largest absolute Gasteiger partial charge is 0.268 e. The number of nitrogens with two attached hydrogens (primary N) is 1. The molecule has 0 radical (unpaired) electrons. The van der Waals surface area contributed by atoms with Crippen LogP contribution in [0.2, 0.25) is 0 Å². The summed E-state index contributed by atoms with van der Waals surface area (Å²) in [5.41, 5.74) is 0. The van der Waals surface area contributed by atoms with Crippen LogP contribution in [0, 0.1) is 0 Å². The second kappa shape index (κ2) is 12.3. The average molecular weight is 323 g/mol. The van der Waals surface area contributed by atoms with E-state index in [0.29, 0.717) is 12.1 Å². The second-order valence-electron chi connectivity index (χ2n) is 8.21. The fourth-order valence-corrected chi connectivity index (χ4v) is 4.65. The van der Waals surface area contributed by atoms with Gasteiger partial charge < -0.3 is 0 Å². The van der Waals surface area contributed by atoms with E-state index in [9.17, 15) is 0 Å². The molecular weight excluding hydrogens is 280 g/mol. The van der Waals surface area contributed by atoms with Crippen molar-refractivity contribution in [3.8, 4) is 0 Å². The molecule has 23 heavy (non-hydrogen) atoms. The van der Waals surface area contributed by atoms with Crippen molar-refractivity contribution >= 4 is 0 Å². The lowest BCUT2D eigenvalue weighted by atomic mass is 9.94. The van der Waals surface area contributed by atoms with Crippen LogP contribution in [0.4, 0.5) is 0 Å². The van der Waals surface area contributed by atoms with Gasteiger partial charge in [0.1, 0.15) is 0 Å². The maximum Gasteiger partial charge on any atom is 0.0244 e. The van der Waals surface area contributed by atoms with Crippen molar-refractivity contribution in [1.82, 2.24) is 5.01 Å². The van der Waals surface area contributed by atoms with E-state index in [-0.39, 0.29) is 0 Å². The molecule has 0 aromatic rings. The highest BCUT2D eigenvalue weighted by Gasteiger charge is 2.23. The fourth-order valence-electron chi connectivity index (χ4n) is 4.65. The molecule has 0 atom stereocenters. The second-order valence-corrected chi connectivity index (χ2v) is 8.21. The Morgan fingerprint density at radius 3 is 0.870 bits per heavy atom. The van der Waals surface area contributed by atoms with E-state index in [1.54, 1.807) is 0 Å². The molecule has 0 spiro atoms. The molecule has 2 heteroatoms. The van der Waals surface area contributed by atoms with Crippen molar-refractivity contribution in [2.45, 2.75) is 134 Å². The van der Waals surface area contributed by atoms with Gasteiger partial charge in [-0.2, -0.15) is 0 Å². The standard InChI is InChI=1S/C21H42N2/c22-23(21-18-14-10-6-3-7-11-15-19-21)20-16-12-8-4-1-2-5-9-13-17-20/h20-21H,1-19,22H2. The Hall–Kier alpha value is -0.0800. The van der Waals surface area contributed by atoms with Crippen molar-refractivity contribution in [2.24, 2.45) is 5.84 Å². The van der Waals surface area contributed by atoms with Crippen LogP contribution in [0.25, 0.3) is 0 Å². The average Bonchev–Trinajstić information content (AvgIpc) is 2.64. The zero-order valence-corrected chi connectivity index (χ0v) is 15.6. The lowest BCUT2D eigenvalue weighted by molar-refractivity contribution is 0.0988. The molecule has 0 saturated heterocycles. The third-order valence-corrected chi connectivity index (χ3v) is 6.24. The summed E-state index contributed by atoms with van der Waals surface area (Å²) in [6, 6.07) is 1.31. The van der Waals surface area contributed by atoms with E-state index in [1.165, 1.54) is 122 Å². The van der Waals surface area contributed by atoms with Gasteiger partial charge in [0.15, 0.2) is 0 Å². The first kappa shape index (κ1) is 19.2. The smallest absolute Gasteiger partial charge is 0.0244 e. The molecule has 0 heterocycles. The maximum absolute atomic E-state index is 6.72. The molecule has 0 aliphatic heterocycles. The molecule has 2 saturated carbocycles. The Kier molecular flexibility index (Phi) is 10.3. The van der Waals surface area contributed by atoms with Crippen LogP contribution >= 0.6 is 0 Å². The van der Waals surface area contributed by atoms with Crippen LogP contribution in [0.3, 0.4) is 0 Å². The van der Waals surface area contributed by atoms with Crippen LogP contribution < -0.4 is 5.84 Å². The van der Waals surface area contributed by atoms with Crippen LogP contribution in [0.15, 0.2) is 0 Å². The highest BCUT2D eigenvalue weighted by molar-refractivity contribution is 4.77. The van der Waals surface area contributed by atoms with Gasteiger partial charge >= 0.3 is 0 Å². The lowest BCUT2D eigenvalue weighted by Gasteiger charge is -2.35. The van der Waals surface area contributed by atoms with Gasteiger partial charge in [0.25, 0.3) is 0 Å². The van der Waals surface area contributed by atoms with Gasteiger partial charge in [-0.15, -0.1) is 0 Å². The number of hydrazine groups is 1. The maximum atomic E-state index is 6.72.